The van der Waals surface area contributed by atoms with Crippen LogP contribution < -0.4 is 20.9 Å². The maximum Gasteiger partial charge on any atom is 0.251 e. The van der Waals surface area contributed by atoms with E-state index in [2.05, 4.69) is 20.9 Å². The molecular weight excluding hydrogens is 442 g/mol. The molecule has 1 fully saturated rings. The van der Waals surface area contributed by atoms with Crippen molar-refractivity contribution in [1.82, 2.24) is 15.6 Å². The molecule has 0 spiro atoms. The number of amides is 3. The second-order valence-corrected chi connectivity index (χ2v) is 9.40. The van der Waals surface area contributed by atoms with E-state index < -0.39 is 12.1 Å². The molecule has 1 aliphatic heterocycles. The fourth-order valence-corrected chi connectivity index (χ4v) is 5.24. The van der Waals surface area contributed by atoms with E-state index in [1.165, 1.54) is 4.90 Å². The number of benzene rings is 1. The average Bonchev–Trinajstić information content (AvgIpc) is 3.28. The lowest BCUT2D eigenvalue weighted by Gasteiger charge is -2.35. The summed E-state index contributed by atoms with van der Waals surface area (Å²) in [5.74, 6) is -0.189. The van der Waals surface area contributed by atoms with E-state index in [4.69, 9.17) is 0 Å². The Hall–Kier alpha value is -3.26. The zero-order valence-corrected chi connectivity index (χ0v) is 20.5. The first kappa shape index (κ1) is 24.9. The summed E-state index contributed by atoms with van der Waals surface area (Å²) in [7, 11) is 1.75. The van der Waals surface area contributed by atoms with E-state index in [1.807, 2.05) is 49.4 Å². The molecule has 0 bridgehead atoms. The van der Waals surface area contributed by atoms with Gasteiger partial charge in [0.05, 0.1) is 6.04 Å². The molecule has 1 saturated carbocycles. The van der Waals surface area contributed by atoms with Gasteiger partial charge in [-0.1, -0.05) is 50.5 Å². The van der Waals surface area contributed by atoms with Crippen molar-refractivity contribution in [2.75, 3.05) is 17.3 Å². The lowest BCUT2D eigenvalue weighted by molar-refractivity contribution is -0.131. The van der Waals surface area contributed by atoms with Crippen LogP contribution in [0.1, 0.15) is 51.0 Å². The largest absolute Gasteiger partial charge is 0.343 e. The van der Waals surface area contributed by atoms with Crippen molar-refractivity contribution in [2.24, 2.45) is 5.92 Å². The number of fused-ring (bicyclic) bond motifs is 1. The number of nitrogens with one attached hydrogen (secondary N) is 3. The van der Waals surface area contributed by atoms with Crippen molar-refractivity contribution in [1.29, 1.82) is 0 Å². The molecule has 0 radical (unpaired) electrons. The molecule has 0 saturated heterocycles. The van der Waals surface area contributed by atoms with Gasteiger partial charge >= 0.3 is 0 Å². The highest BCUT2D eigenvalue weighted by atomic mass is 16.2. The van der Waals surface area contributed by atoms with Gasteiger partial charge in [-0.05, 0) is 56.0 Å². The number of pyridine rings is 1. The monoisotopic (exact) mass is 477 g/mol. The zero-order chi connectivity index (χ0) is 24.8. The Kier molecular flexibility index (Phi) is 8.13. The Morgan fingerprint density at radius 3 is 2.49 bits per heavy atom. The van der Waals surface area contributed by atoms with E-state index >= 15 is 0 Å². The second-order valence-electron chi connectivity index (χ2n) is 9.40. The van der Waals surface area contributed by atoms with Crippen LogP contribution in [0.4, 0.5) is 11.5 Å². The van der Waals surface area contributed by atoms with Gasteiger partial charge in [0.25, 0.3) is 5.91 Å². The molecule has 186 valence electrons. The van der Waals surface area contributed by atoms with Gasteiger partial charge in [0.1, 0.15) is 17.9 Å². The van der Waals surface area contributed by atoms with Crippen LogP contribution in [0.15, 0.2) is 48.7 Å². The molecule has 2 aliphatic rings. The minimum absolute atomic E-state index is 0.0279. The number of aromatic nitrogens is 1. The van der Waals surface area contributed by atoms with Gasteiger partial charge in [0, 0.05) is 18.3 Å². The molecule has 8 heteroatoms. The summed E-state index contributed by atoms with van der Waals surface area (Å²) in [6.45, 7) is 1.93. The number of carbonyl (C=O) groups is 3. The van der Waals surface area contributed by atoms with Gasteiger partial charge < -0.3 is 16.0 Å². The van der Waals surface area contributed by atoms with Crippen LogP contribution in [0.2, 0.25) is 0 Å². The molecule has 1 aliphatic carbocycles. The van der Waals surface area contributed by atoms with Crippen molar-refractivity contribution in [3.63, 3.8) is 0 Å². The molecule has 2 heterocycles. The number of hydrogen-bond donors (Lipinski definition) is 3. The summed E-state index contributed by atoms with van der Waals surface area (Å²) in [5, 5.41) is 9.02. The smallest absolute Gasteiger partial charge is 0.251 e. The Bertz CT molecular complexity index is 1030. The minimum Gasteiger partial charge on any atom is -0.343 e. The highest BCUT2D eigenvalue weighted by molar-refractivity contribution is 6.09. The topological polar surface area (TPSA) is 103 Å². The number of anilines is 2. The Balaban J connectivity index is 1.64. The summed E-state index contributed by atoms with van der Waals surface area (Å²) >= 11 is 0. The predicted octanol–water partition coefficient (Wildman–Crippen LogP) is 3.04. The molecule has 4 rings (SSSR count). The molecule has 8 nitrogen and oxygen atoms in total. The molecule has 35 heavy (non-hydrogen) atoms. The summed E-state index contributed by atoms with van der Waals surface area (Å²) in [5.41, 5.74) is 1.52. The summed E-state index contributed by atoms with van der Waals surface area (Å²) in [6.07, 6.45) is 7.57. The Morgan fingerprint density at radius 2 is 1.80 bits per heavy atom. The maximum atomic E-state index is 14.2. The number of rotatable bonds is 8. The first-order valence-corrected chi connectivity index (χ1v) is 12.6. The molecule has 3 amide bonds. The fraction of sp³-hybridized carbons (Fsp3) is 0.481. The van der Waals surface area contributed by atoms with Gasteiger partial charge in [0.2, 0.25) is 11.8 Å². The fourth-order valence-electron chi connectivity index (χ4n) is 5.24. The number of likely N-dealkylation sites (N-methyl/N-ethyl adjacent to an activating group) is 1. The van der Waals surface area contributed by atoms with E-state index in [0.717, 1.165) is 37.7 Å². The molecule has 1 aromatic heterocycles. The zero-order valence-electron chi connectivity index (χ0n) is 20.5. The van der Waals surface area contributed by atoms with E-state index in [0.29, 0.717) is 24.3 Å². The van der Waals surface area contributed by atoms with Crippen LogP contribution in [0.5, 0.6) is 0 Å². The first-order valence-electron chi connectivity index (χ1n) is 12.6. The van der Waals surface area contributed by atoms with Crippen molar-refractivity contribution >= 4 is 29.2 Å². The van der Waals surface area contributed by atoms with Gasteiger partial charge in [-0.15, -0.1) is 0 Å². The number of hydrogen-bond acceptors (Lipinski definition) is 5. The lowest BCUT2D eigenvalue weighted by atomic mass is 9.83. The number of para-hydroxylation sites is 1. The SMILES string of the molecule is CC[C@H](NC)C(=O)N[C@H](C(=O)N1c2ncccc2C[C@H]1C(=O)Nc1ccccc1)C1CCCCC1. The molecule has 3 atom stereocenters. The van der Waals surface area contributed by atoms with Crippen LogP contribution in [0, 0.1) is 5.92 Å². The highest BCUT2D eigenvalue weighted by Gasteiger charge is 2.44. The highest BCUT2D eigenvalue weighted by Crippen LogP contribution is 2.34. The third kappa shape index (κ3) is 5.53. The second kappa shape index (κ2) is 11.4. The molecular formula is C27H35N5O3. The lowest BCUT2D eigenvalue weighted by Crippen LogP contribution is -2.59. The van der Waals surface area contributed by atoms with Crippen LogP contribution in [-0.2, 0) is 20.8 Å². The predicted molar refractivity (Wildman–Crippen MR) is 136 cm³/mol. The molecule has 1 aromatic carbocycles. The molecule has 0 unspecified atom stereocenters. The summed E-state index contributed by atoms with van der Waals surface area (Å²) in [6, 6.07) is 11.1. The van der Waals surface area contributed by atoms with Crippen LogP contribution in [-0.4, -0.2) is 47.9 Å². The first-order chi connectivity index (χ1) is 17.0. The van der Waals surface area contributed by atoms with Crippen LogP contribution in [0.3, 0.4) is 0 Å². The summed E-state index contributed by atoms with van der Waals surface area (Å²) in [4.78, 5) is 46.6. The number of carbonyl (C=O) groups excluding carboxylic acids is 3. The van der Waals surface area contributed by atoms with Crippen LogP contribution >= 0.6 is 0 Å². The van der Waals surface area contributed by atoms with Gasteiger partial charge in [-0.3, -0.25) is 19.3 Å². The van der Waals surface area contributed by atoms with E-state index in [9.17, 15) is 14.4 Å². The normalized spacial score (nSPS) is 19.5. The summed E-state index contributed by atoms with van der Waals surface area (Å²) < 4.78 is 0. The van der Waals surface area contributed by atoms with Crippen molar-refractivity contribution in [3.8, 4) is 0 Å². The quantitative estimate of drug-likeness (QED) is 0.542. The van der Waals surface area contributed by atoms with E-state index in [-0.39, 0.29) is 29.7 Å². The third-order valence-corrected chi connectivity index (χ3v) is 7.16. The van der Waals surface area contributed by atoms with Gasteiger partial charge in [0.15, 0.2) is 0 Å². The minimum atomic E-state index is -0.734. The van der Waals surface area contributed by atoms with E-state index in [1.54, 1.807) is 13.2 Å². The number of nitrogens with zero attached hydrogens (tertiary/aromatic N) is 2. The van der Waals surface area contributed by atoms with Crippen molar-refractivity contribution in [2.45, 2.75) is 70.0 Å². The van der Waals surface area contributed by atoms with Crippen molar-refractivity contribution in [3.05, 3.63) is 54.2 Å². The Morgan fingerprint density at radius 1 is 1.06 bits per heavy atom. The maximum absolute atomic E-state index is 14.2. The molecule has 2 aromatic rings. The third-order valence-electron chi connectivity index (χ3n) is 7.16. The van der Waals surface area contributed by atoms with Gasteiger partial charge in [-0.25, -0.2) is 4.98 Å². The standard InChI is InChI=1S/C27H35N5O3/c1-3-21(28-2)25(33)31-23(18-11-6-4-7-12-18)27(35)32-22(17-19-13-10-16-29-24(19)32)26(34)30-20-14-8-5-9-15-20/h5,8-10,13-16,18,21-23,28H,3-4,6-7,11-12,17H2,1-2H3,(H,30,34)(H,31,33)/t21-,22-,23-/m0/s1. The van der Waals surface area contributed by atoms with Crippen LogP contribution in [0.25, 0.3) is 0 Å². The average molecular weight is 478 g/mol. The Labute approximate surface area is 206 Å². The molecule has 3 N–H and O–H groups in total. The van der Waals surface area contributed by atoms with Gasteiger partial charge in [-0.2, -0.15) is 0 Å². The van der Waals surface area contributed by atoms with Crippen molar-refractivity contribution < 1.29 is 14.4 Å².